The number of alkyl halides is 3. The fraction of sp³-hybridized carbons (Fsp3) is 0.400. The molecule has 0 heterocycles. The standard InChI is InChI=1S/C20H23F3/c1-3-7-19-16(4-2)8-5-6-9-17(19)14-15-10-12-18(13-11-15)20(21,22)23/h6,8-13H,3-5,7,14H2,1-2H3. The lowest BCUT2D eigenvalue weighted by atomic mass is 9.91. The van der Waals surface area contributed by atoms with Gasteiger partial charge in [0.05, 0.1) is 5.56 Å². The van der Waals surface area contributed by atoms with Gasteiger partial charge in [0, 0.05) is 0 Å². The molecular weight excluding hydrogens is 297 g/mol. The second kappa shape index (κ2) is 7.67. The Morgan fingerprint density at radius 1 is 1.04 bits per heavy atom. The van der Waals surface area contributed by atoms with E-state index in [1.165, 1.54) is 28.9 Å². The fourth-order valence-corrected chi connectivity index (χ4v) is 2.98. The minimum atomic E-state index is -4.27. The molecular formula is C20H23F3. The Morgan fingerprint density at radius 3 is 2.30 bits per heavy atom. The van der Waals surface area contributed by atoms with Crippen molar-refractivity contribution in [3.8, 4) is 0 Å². The summed E-state index contributed by atoms with van der Waals surface area (Å²) in [6, 6.07) is 5.53. The summed E-state index contributed by atoms with van der Waals surface area (Å²) in [5.74, 6) is 0. The molecule has 0 fully saturated rings. The highest BCUT2D eigenvalue weighted by Gasteiger charge is 2.29. The maximum Gasteiger partial charge on any atom is 0.416 e. The van der Waals surface area contributed by atoms with Crippen LogP contribution in [0.1, 0.15) is 50.7 Å². The largest absolute Gasteiger partial charge is 0.416 e. The highest BCUT2D eigenvalue weighted by atomic mass is 19.4. The Hall–Kier alpha value is -1.77. The SMILES string of the molecule is CCCC1=C(Cc2ccc(C(F)(F)F)cc2)C=CCC=C1CC. The van der Waals surface area contributed by atoms with Crippen LogP contribution in [0.4, 0.5) is 13.2 Å². The molecule has 1 aromatic rings. The molecule has 0 saturated carbocycles. The van der Waals surface area contributed by atoms with Gasteiger partial charge in [-0.05, 0) is 60.1 Å². The topological polar surface area (TPSA) is 0 Å². The van der Waals surface area contributed by atoms with Gasteiger partial charge in [0.15, 0.2) is 0 Å². The zero-order valence-electron chi connectivity index (χ0n) is 13.7. The maximum atomic E-state index is 12.7. The van der Waals surface area contributed by atoms with Crippen LogP contribution in [0, 0.1) is 0 Å². The molecule has 0 atom stereocenters. The van der Waals surface area contributed by atoms with Crippen molar-refractivity contribution in [1.82, 2.24) is 0 Å². The first-order valence-electron chi connectivity index (χ1n) is 8.19. The lowest BCUT2D eigenvalue weighted by molar-refractivity contribution is -0.137. The third-order valence-corrected chi connectivity index (χ3v) is 4.15. The highest BCUT2D eigenvalue weighted by molar-refractivity contribution is 5.45. The summed E-state index contributed by atoms with van der Waals surface area (Å²) < 4.78 is 38.0. The van der Waals surface area contributed by atoms with Crippen LogP contribution in [-0.2, 0) is 12.6 Å². The molecule has 0 aliphatic heterocycles. The van der Waals surface area contributed by atoms with E-state index in [2.05, 4.69) is 32.1 Å². The molecule has 0 amide bonds. The first-order chi connectivity index (χ1) is 11.0. The number of hydrogen-bond donors (Lipinski definition) is 0. The first kappa shape index (κ1) is 17.6. The van der Waals surface area contributed by atoms with E-state index in [-0.39, 0.29) is 0 Å². The van der Waals surface area contributed by atoms with Gasteiger partial charge in [-0.25, -0.2) is 0 Å². The lowest BCUT2D eigenvalue weighted by Crippen LogP contribution is -2.04. The molecule has 3 heteroatoms. The summed E-state index contributed by atoms with van der Waals surface area (Å²) >= 11 is 0. The van der Waals surface area contributed by atoms with E-state index in [9.17, 15) is 13.2 Å². The van der Waals surface area contributed by atoms with E-state index in [0.717, 1.165) is 31.2 Å². The van der Waals surface area contributed by atoms with Gasteiger partial charge in [0.25, 0.3) is 0 Å². The number of halogens is 3. The molecule has 1 aromatic carbocycles. The Bertz CT molecular complexity index is 613. The number of benzene rings is 1. The van der Waals surface area contributed by atoms with E-state index in [1.807, 2.05) is 0 Å². The van der Waals surface area contributed by atoms with Crippen molar-refractivity contribution in [2.24, 2.45) is 0 Å². The van der Waals surface area contributed by atoms with Crippen LogP contribution in [0.25, 0.3) is 0 Å². The normalized spacial score (nSPS) is 15.6. The van der Waals surface area contributed by atoms with Gasteiger partial charge >= 0.3 is 6.18 Å². The van der Waals surface area contributed by atoms with Gasteiger partial charge in [0.1, 0.15) is 0 Å². The molecule has 0 nitrogen and oxygen atoms in total. The van der Waals surface area contributed by atoms with Crippen LogP contribution < -0.4 is 0 Å². The predicted molar refractivity (Wildman–Crippen MR) is 89.2 cm³/mol. The Morgan fingerprint density at radius 2 is 1.74 bits per heavy atom. The van der Waals surface area contributed by atoms with Gasteiger partial charge in [-0.2, -0.15) is 13.2 Å². The molecule has 0 bridgehead atoms. The van der Waals surface area contributed by atoms with Gasteiger partial charge in [0.2, 0.25) is 0 Å². The Balaban J connectivity index is 2.29. The average Bonchev–Trinajstić information content (AvgIpc) is 2.70. The maximum absolute atomic E-state index is 12.7. The smallest absolute Gasteiger partial charge is 0.166 e. The molecule has 0 radical (unpaired) electrons. The fourth-order valence-electron chi connectivity index (χ4n) is 2.98. The van der Waals surface area contributed by atoms with Crippen LogP contribution >= 0.6 is 0 Å². The van der Waals surface area contributed by atoms with Crippen molar-refractivity contribution in [3.63, 3.8) is 0 Å². The zero-order valence-corrected chi connectivity index (χ0v) is 13.7. The molecule has 0 saturated heterocycles. The molecule has 2 rings (SSSR count). The van der Waals surface area contributed by atoms with Gasteiger partial charge in [-0.15, -0.1) is 0 Å². The van der Waals surface area contributed by atoms with Crippen molar-refractivity contribution < 1.29 is 13.2 Å². The van der Waals surface area contributed by atoms with Gasteiger partial charge < -0.3 is 0 Å². The van der Waals surface area contributed by atoms with E-state index < -0.39 is 11.7 Å². The van der Waals surface area contributed by atoms with E-state index in [4.69, 9.17) is 0 Å². The molecule has 124 valence electrons. The quantitative estimate of drug-likeness (QED) is 0.570. The van der Waals surface area contributed by atoms with E-state index >= 15 is 0 Å². The number of hydrogen-bond acceptors (Lipinski definition) is 0. The summed E-state index contributed by atoms with van der Waals surface area (Å²) in [7, 11) is 0. The Labute approximate surface area is 136 Å². The predicted octanol–water partition coefficient (Wildman–Crippen LogP) is 6.64. The third kappa shape index (κ3) is 4.60. The Kier molecular flexibility index (Phi) is 5.86. The molecule has 0 unspecified atom stereocenters. The molecule has 1 aliphatic rings. The van der Waals surface area contributed by atoms with Crippen LogP contribution in [0.3, 0.4) is 0 Å². The number of allylic oxidation sites excluding steroid dienone is 6. The molecule has 0 spiro atoms. The highest BCUT2D eigenvalue weighted by Crippen LogP contribution is 2.31. The summed E-state index contributed by atoms with van der Waals surface area (Å²) in [6.07, 6.45) is 6.95. The van der Waals surface area contributed by atoms with Crippen molar-refractivity contribution in [2.75, 3.05) is 0 Å². The summed E-state index contributed by atoms with van der Waals surface area (Å²) in [5.41, 5.74) is 4.30. The van der Waals surface area contributed by atoms with Crippen molar-refractivity contribution >= 4 is 0 Å². The average molecular weight is 320 g/mol. The summed E-state index contributed by atoms with van der Waals surface area (Å²) in [5, 5.41) is 0. The van der Waals surface area contributed by atoms with E-state index in [0.29, 0.717) is 6.42 Å². The zero-order chi connectivity index (χ0) is 16.9. The summed E-state index contributed by atoms with van der Waals surface area (Å²) in [4.78, 5) is 0. The van der Waals surface area contributed by atoms with Gasteiger partial charge in [-0.1, -0.05) is 50.6 Å². The van der Waals surface area contributed by atoms with Gasteiger partial charge in [-0.3, -0.25) is 0 Å². The molecule has 1 aliphatic carbocycles. The van der Waals surface area contributed by atoms with Crippen LogP contribution in [0.5, 0.6) is 0 Å². The van der Waals surface area contributed by atoms with Crippen molar-refractivity contribution in [3.05, 3.63) is 70.3 Å². The molecule has 0 N–H and O–H groups in total. The summed E-state index contributed by atoms with van der Waals surface area (Å²) in [6.45, 7) is 4.31. The van der Waals surface area contributed by atoms with Crippen molar-refractivity contribution in [2.45, 2.75) is 52.1 Å². The second-order valence-electron chi connectivity index (χ2n) is 5.85. The van der Waals surface area contributed by atoms with E-state index in [1.54, 1.807) is 12.1 Å². The molecule has 23 heavy (non-hydrogen) atoms. The number of rotatable bonds is 5. The second-order valence-corrected chi connectivity index (χ2v) is 5.85. The minimum absolute atomic E-state index is 0.588. The first-order valence-corrected chi connectivity index (χ1v) is 8.19. The van der Waals surface area contributed by atoms with Crippen LogP contribution in [-0.4, -0.2) is 0 Å². The van der Waals surface area contributed by atoms with Crippen molar-refractivity contribution in [1.29, 1.82) is 0 Å². The van der Waals surface area contributed by atoms with Crippen LogP contribution in [0.2, 0.25) is 0 Å². The minimum Gasteiger partial charge on any atom is -0.166 e. The third-order valence-electron chi connectivity index (χ3n) is 4.15. The molecule has 0 aromatic heterocycles. The lowest BCUT2D eigenvalue weighted by Gasteiger charge is -2.15. The monoisotopic (exact) mass is 320 g/mol. The van der Waals surface area contributed by atoms with Crippen LogP contribution in [0.15, 0.2) is 59.2 Å².